The molecule has 0 radical (unpaired) electrons. The summed E-state index contributed by atoms with van der Waals surface area (Å²) in [6, 6.07) is 8.78. The van der Waals surface area contributed by atoms with Crippen molar-refractivity contribution in [3.8, 4) is 22.6 Å². The Labute approximate surface area is 171 Å². The number of benzene rings is 2. The molecule has 1 aromatic heterocycles. The predicted octanol–water partition coefficient (Wildman–Crippen LogP) is 3.20. The predicted molar refractivity (Wildman–Crippen MR) is 107 cm³/mol. The lowest BCUT2D eigenvalue weighted by atomic mass is 10.1. The second-order valence-electron chi connectivity index (χ2n) is 6.74. The lowest BCUT2D eigenvalue weighted by Gasteiger charge is -2.19. The van der Waals surface area contributed by atoms with E-state index in [9.17, 15) is 14.0 Å². The Kier molecular flexibility index (Phi) is 5.09. The van der Waals surface area contributed by atoms with Crippen LogP contribution in [0, 0.1) is 5.82 Å². The number of anilines is 1. The molecule has 1 fully saturated rings. The van der Waals surface area contributed by atoms with Crippen molar-refractivity contribution in [2.45, 2.75) is 6.54 Å². The highest BCUT2D eigenvalue weighted by atomic mass is 19.1. The van der Waals surface area contributed by atoms with Gasteiger partial charge in [0.05, 0.1) is 26.1 Å². The maximum Gasteiger partial charge on any atom is 0.332 e. The molecular weight excluding hydrogens is 391 g/mol. The smallest absolute Gasteiger partial charge is 0.332 e. The number of carbonyl (C=O) groups excluding carboxylic acids is 2. The number of nitrogens with one attached hydrogen (secondary N) is 1. The number of carbonyl (C=O) groups is 2. The number of rotatable bonds is 6. The van der Waals surface area contributed by atoms with Crippen molar-refractivity contribution < 1.29 is 23.5 Å². The van der Waals surface area contributed by atoms with Crippen LogP contribution >= 0.6 is 0 Å². The maximum absolute atomic E-state index is 13.8. The third-order valence-electron chi connectivity index (χ3n) is 4.83. The van der Waals surface area contributed by atoms with Gasteiger partial charge in [-0.05, 0) is 29.8 Å². The van der Waals surface area contributed by atoms with E-state index in [2.05, 4.69) is 10.2 Å². The topological polar surface area (TPSA) is 87.8 Å². The van der Waals surface area contributed by atoms with Crippen LogP contribution in [0.2, 0.25) is 0 Å². The monoisotopic (exact) mass is 410 g/mol. The Bertz CT molecular complexity index is 1100. The van der Waals surface area contributed by atoms with E-state index in [0.717, 1.165) is 16.0 Å². The van der Waals surface area contributed by atoms with Gasteiger partial charge in [0.15, 0.2) is 0 Å². The van der Waals surface area contributed by atoms with Gasteiger partial charge in [-0.1, -0.05) is 0 Å². The van der Waals surface area contributed by atoms with Crippen molar-refractivity contribution in [1.82, 2.24) is 15.1 Å². The van der Waals surface area contributed by atoms with Crippen molar-refractivity contribution in [3.05, 3.63) is 60.2 Å². The third kappa shape index (κ3) is 3.57. The summed E-state index contributed by atoms with van der Waals surface area (Å²) in [6.45, 7) is -0.0249. The highest BCUT2D eigenvalue weighted by Crippen LogP contribution is 2.34. The number of H-pyrrole nitrogens is 1. The molecule has 0 aliphatic carbocycles. The molecule has 0 atom stereocenters. The third-order valence-corrected chi connectivity index (χ3v) is 4.83. The number of ether oxygens (including phenoxy) is 2. The van der Waals surface area contributed by atoms with Gasteiger partial charge in [0.2, 0.25) is 0 Å². The highest BCUT2D eigenvalue weighted by molar-refractivity contribution is 6.19. The molecule has 0 spiro atoms. The van der Waals surface area contributed by atoms with Crippen LogP contribution in [0.4, 0.5) is 14.9 Å². The summed E-state index contributed by atoms with van der Waals surface area (Å²) in [4.78, 5) is 28.0. The van der Waals surface area contributed by atoms with E-state index < -0.39 is 11.8 Å². The van der Waals surface area contributed by atoms with Crippen LogP contribution in [0.5, 0.6) is 11.5 Å². The largest absolute Gasteiger partial charge is 0.497 e. The molecule has 0 bridgehead atoms. The molecule has 1 saturated heterocycles. The van der Waals surface area contributed by atoms with Crippen LogP contribution in [-0.4, -0.2) is 47.8 Å². The van der Waals surface area contributed by atoms with Gasteiger partial charge < -0.3 is 14.4 Å². The Morgan fingerprint density at radius 1 is 1.13 bits per heavy atom. The summed E-state index contributed by atoms with van der Waals surface area (Å²) in [5, 5.41) is 6.66. The van der Waals surface area contributed by atoms with E-state index in [-0.39, 0.29) is 19.0 Å². The van der Waals surface area contributed by atoms with Crippen molar-refractivity contribution >= 4 is 17.6 Å². The van der Waals surface area contributed by atoms with Gasteiger partial charge >= 0.3 is 6.03 Å². The zero-order valence-corrected chi connectivity index (χ0v) is 16.4. The first-order valence-electron chi connectivity index (χ1n) is 9.12. The number of hydrogen-bond acceptors (Lipinski definition) is 5. The molecule has 0 saturated carbocycles. The first kappa shape index (κ1) is 19.4. The normalized spacial score (nSPS) is 13.8. The molecule has 1 N–H and O–H groups in total. The van der Waals surface area contributed by atoms with Crippen LogP contribution in [0.3, 0.4) is 0 Å². The first-order valence-corrected chi connectivity index (χ1v) is 9.12. The molecule has 0 unspecified atom stereocenters. The fraction of sp³-hybridized carbons (Fsp3) is 0.190. The lowest BCUT2D eigenvalue weighted by molar-refractivity contribution is -0.116. The molecule has 4 rings (SSSR count). The second-order valence-corrected chi connectivity index (χ2v) is 6.74. The van der Waals surface area contributed by atoms with Crippen molar-refractivity contribution in [2.24, 2.45) is 0 Å². The van der Waals surface area contributed by atoms with Gasteiger partial charge in [0.1, 0.15) is 23.9 Å². The number of aromatic amines is 1. The molecule has 154 valence electrons. The molecule has 1 aliphatic rings. The van der Waals surface area contributed by atoms with Crippen molar-refractivity contribution in [1.29, 1.82) is 0 Å². The van der Waals surface area contributed by atoms with E-state index in [1.165, 1.54) is 31.3 Å². The molecular formula is C21H19FN4O4. The van der Waals surface area contributed by atoms with Gasteiger partial charge in [-0.2, -0.15) is 5.10 Å². The molecule has 2 aromatic carbocycles. The molecule has 30 heavy (non-hydrogen) atoms. The first-order chi connectivity index (χ1) is 14.5. The fourth-order valence-electron chi connectivity index (χ4n) is 3.43. The minimum atomic E-state index is -0.485. The summed E-state index contributed by atoms with van der Waals surface area (Å²) < 4.78 is 24.3. The number of amides is 3. The van der Waals surface area contributed by atoms with E-state index in [4.69, 9.17) is 9.47 Å². The summed E-state index contributed by atoms with van der Waals surface area (Å²) in [6.07, 6.45) is 3.37. The van der Waals surface area contributed by atoms with Crippen LogP contribution in [0.25, 0.3) is 11.1 Å². The number of halogens is 1. The zero-order chi connectivity index (χ0) is 21.3. The maximum atomic E-state index is 13.8. The van der Waals surface area contributed by atoms with E-state index in [0.29, 0.717) is 22.7 Å². The molecule has 8 nitrogen and oxygen atoms in total. The molecule has 3 aromatic rings. The molecule has 3 amide bonds. The highest BCUT2D eigenvalue weighted by Gasteiger charge is 2.37. The average molecular weight is 410 g/mol. The van der Waals surface area contributed by atoms with E-state index in [1.807, 2.05) is 0 Å². The van der Waals surface area contributed by atoms with Gasteiger partial charge in [0, 0.05) is 36.0 Å². The van der Waals surface area contributed by atoms with Crippen LogP contribution in [0.1, 0.15) is 5.56 Å². The summed E-state index contributed by atoms with van der Waals surface area (Å²) in [5.41, 5.74) is 2.52. The zero-order valence-electron chi connectivity index (χ0n) is 16.4. The Morgan fingerprint density at radius 2 is 1.97 bits per heavy atom. The SMILES string of the molecule is COc1cc(F)cc(CN2CC(=O)N(c3ccc(-c4cn[nH]c4)c(OC)c3)C2=O)c1. The van der Waals surface area contributed by atoms with Crippen LogP contribution in [0.15, 0.2) is 48.8 Å². The number of nitrogens with zero attached hydrogens (tertiary/aromatic N) is 3. The quantitative estimate of drug-likeness (QED) is 0.631. The van der Waals surface area contributed by atoms with E-state index >= 15 is 0 Å². The molecule has 2 heterocycles. The lowest BCUT2D eigenvalue weighted by Crippen LogP contribution is -2.32. The van der Waals surface area contributed by atoms with Gasteiger partial charge in [-0.15, -0.1) is 0 Å². The minimum absolute atomic E-state index is 0.0828. The van der Waals surface area contributed by atoms with Gasteiger partial charge in [-0.25, -0.2) is 14.1 Å². The summed E-state index contributed by atoms with van der Waals surface area (Å²) in [5.74, 6) is 0.00227. The van der Waals surface area contributed by atoms with Crippen LogP contribution in [-0.2, 0) is 11.3 Å². The number of imide groups is 1. The standard InChI is InChI=1S/C21H19FN4O4/c1-29-17-6-13(5-15(22)7-17)11-25-12-20(27)26(21(25)28)16-3-4-18(19(8-16)30-2)14-9-23-24-10-14/h3-10H,11-12H2,1-2H3,(H,23,24). The van der Waals surface area contributed by atoms with Gasteiger partial charge in [0.25, 0.3) is 5.91 Å². The van der Waals surface area contributed by atoms with Crippen LogP contribution < -0.4 is 14.4 Å². The van der Waals surface area contributed by atoms with Gasteiger partial charge in [-0.3, -0.25) is 9.89 Å². The van der Waals surface area contributed by atoms with E-state index in [1.54, 1.807) is 36.7 Å². The number of hydrogen-bond donors (Lipinski definition) is 1. The Morgan fingerprint density at radius 3 is 2.67 bits per heavy atom. The Hall–Kier alpha value is -3.88. The minimum Gasteiger partial charge on any atom is -0.497 e. The molecule has 9 heteroatoms. The van der Waals surface area contributed by atoms with Crippen molar-refractivity contribution in [2.75, 3.05) is 25.7 Å². The van der Waals surface area contributed by atoms with Crippen molar-refractivity contribution in [3.63, 3.8) is 0 Å². The average Bonchev–Trinajstić information content (AvgIpc) is 3.35. The number of urea groups is 1. The Balaban J connectivity index is 1.59. The summed E-state index contributed by atoms with van der Waals surface area (Å²) in [7, 11) is 2.95. The fourth-order valence-corrected chi connectivity index (χ4v) is 3.43. The second kappa shape index (κ2) is 7.86. The molecule has 1 aliphatic heterocycles. The number of aromatic nitrogens is 2. The number of methoxy groups -OCH3 is 2. The summed E-state index contributed by atoms with van der Waals surface area (Å²) >= 11 is 0.